The van der Waals surface area contributed by atoms with Gasteiger partial charge in [0.05, 0.1) is 0 Å². The van der Waals surface area contributed by atoms with E-state index in [-0.39, 0.29) is 6.03 Å². The maximum absolute atomic E-state index is 13.0. The van der Waals surface area contributed by atoms with Crippen molar-refractivity contribution in [1.29, 1.82) is 0 Å². The molecule has 188 valence electrons. The highest BCUT2D eigenvalue weighted by Crippen LogP contribution is 2.50. The molecule has 5 heteroatoms. The van der Waals surface area contributed by atoms with E-state index in [1.165, 1.54) is 54.0 Å². The lowest BCUT2D eigenvalue weighted by molar-refractivity contribution is 0.0677. The molecule has 3 aliphatic rings. The minimum absolute atomic E-state index is 0.00524. The molecular weight excluding hydrogens is 466 g/mol. The number of urea groups is 1. The van der Waals surface area contributed by atoms with Crippen molar-refractivity contribution in [3.8, 4) is 0 Å². The van der Waals surface area contributed by atoms with Crippen LogP contribution in [0.25, 0.3) is 10.8 Å². The molecule has 1 saturated carbocycles. The van der Waals surface area contributed by atoms with E-state index in [9.17, 15) is 4.79 Å². The maximum atomic E-state index is 13.0. The van der Waals surface area contributed by atoms with Crippen molar-refractivity contribution in [2.75, 3.05) is 18.4 Å². The number of fused-ring (bicyclic) bond motifs is 1. The molecule has 2 amide bonds. The summed E-state index contributed by atoms with van der Waals surface area (Å²) in [4.78, 5) is 17.7. The zero-order valence-electron chi connectivity index (χ0n) is 21.2. The van der Waals surface area contributed by atoms with Crippen molar-refractivity contribution in [3.63, 3.8) is 0 Å². The summed E-state index contributed by atoms with van der Waals surface area (Å²) in [6.07, 6.45) is 8.76. The van der Waals surface area contributed by atoms with Crippen molar-refractivity contribution >= 4 is 34.1 Å². The van der Waals surface area contributed by atoms with Crippen LogP contribution in [0.5, 0.6) is 0 Å². The van der Waals surface area contributed by atoms with Crippen LogP contribution in [0.4, 0.5) is 10.5 Å². The summed E-state index contributed by atoms with van der Waals surface area (Å²) < 4.78 is 0. The quantitative estimate of drug-likeness (QED) is 0.395. The first-order valence-corrected chi connectivity index (χ1v) is 14.0. The lowest BCUT2D eigenvalue weighted by Crippen LogP contribution is -2.46. The number of nitrogens with one attached hydrogen (secondary N) is 1. The van der Waals surface area contributed by atoms with Gasteiger partial charge in [-0.2, -0.15) is 0 Å². The molecule has 3 aromatic rings. The molecule has 1 aliphatic carbocycles. The van der Waals surface area contributed by atoms with Crippen LogP contribution in [0.2, 0.25) is 5.02 Å². The number of amides is 2. The Labute approximate surface area is 219 Å². The number of rotatable bonds is 4. The SMILES string of the molecule is CC1CCCC2(CC2)N1Cc1ccc2cc(NC(=O)N3CCC(c4ccc(Cl)cc4)CC3)ccc2c1. The number of likely N-dealkylation sites (tertiary alicyclic amines) is 2. The normalized spacial score (nSPS) is 22.2. The third-order valence-electron chi connectivity index (χ3n) is 8.86. The van der Waals surface area contributed by atoms with Crippen molar-refractivity contribution in [1.82, 2.24) is 9.80 Å². The Morgan fingerprint density at radius 2 is 1.67 bits per heavy atom. The van der Waals surface area contributed by atoms with Gasteiger partial charge in [-0.05, 0) is 104 Å². The summed E-state index contributed by atoms with van der Waals surface area (Å²) in [5, 5.41) is 6.31. The number of carbonyl (C=O) groups excluding carboxylic acids is 1. The second-order valence-corrected chi connectivity index (χ2v) is 11.7. The van der Waals surface area contributed by atoms with Crippen molar-refractivity contribution in [3.05, 3.63) is 76.8 Å². The predicted octanol–water partition coefficient (Wildman–Crippen LogP) is 7.81. The smallest absolute Gasteiger partial charge is 0.321 e. The minimum atomic E-state index is -0.00524. The number of carbonyl (C=O) groups is 1. The maximum Gasteiger partial charge on any atom is 0.321 e. The van der Waals surface area contributed by atoms with Gasteiger partial charge in [-0.3, -0.25) is 4.90 Å². The Balaban J connectivity index is 1.08. The van der Waals surface area contributed by atoms with Gasteiger partial charge in [0.25, 0.3) is 0 Å². The Kier molecular flexibility index (Phi) is 6.43. The zero-order valence-corrected chi connectivity index (χ0v) is 21.9. The second kappa shape index (κ2) is 9.72. The van der Waals surface area contributed by atoms with Gasteiger partial charge in [-0.25, -0.2) is 4.79 Å². The molecule has 1 atom stereocenters. The summed E-state index contributed by atoms with van der Waals surface area (Å²) in [5.41, 5.74) is 4.06. The van der Waals surface area contributed by atoms with Crippen LogP contribution in [0.3, 0.4) is 0 Å². The molecule has 0 bridgehead atoms. The highest BCUT2D eigenvalue weighted by molar-refractivity contribution is 6.30. The van der Waals surface area contributed by atoms with Gasteiger partial charge in [0.2, 0.25) is 0 Å². The van der Waals surface area contributed by atoms with Crippen molar-refractivity contribution < 1.29 is 4.79 Å². The lowest BCUT2D eigenvalue weighted by atomic mass is 9.89. The van der Waals surface area contributed by atoms with E-state index in [0.29, 0.717) is 17.5 Å². The van der Waals surface area contributed by atoms with E-state index in [0.717, 1.165) is 43.2 Å². The number of anilines is 1. The molecule has 1 unspecified atom stereocenters. The van der Waals surface area contributed by atoms with Gasteiger partial charge in [-0.15, -0.1) is 0 Å². The van der Waals surface area contributed by atoms with Crippen LogP contribution in [0, 0.1) is 0 Å². The first-order valence-electron chi connectivity index (χ1n) is 13.6. The van der Waals surface area contributed by atoms with Crippen LogP contribution >= 0.6 is 11.6 Å². The number of halogens is 1. The monoisotopic (exact) mass is 501 g/mol. The van der Waals surface area contributed by atoms with E-state index in [1.54, 1.807) is 0 Å². The fourth-order valence-corrected chi connectivity index (χ4v) is 6.65. The van der Waals surface area contributed by atoms with E-state index < -0.39 is 0 Å². The van der Waals surface area contributed by atoms with Crippen molar-refractivity contribution in [2.24, 2.45) is 0 Å². The molecular formula is C31H36ClN3O. The minimum Gasteiger partial charge on any atom is -0.324 e. The molecule has 2 aliphatic heterocycles. The molecule has 3 fully saturated rings. The summed E-state index contributed by atoms with van der Waals surface area (Å²) in [6.45, 7) is 4.98. The standard InChI is InChI=1S/C31H36ClN3O/c1-22-3-2-14-31(15-16-31)35(22)21-23-4-5-27-20-29(11-8-26(27)19-23)33-30(36)34-17-12-25(13-18-34)24-6-9-28(32)10-7-24/h4-11,19-20,22,25H,2-3,12-18,21H2,1H3,(H,33,36). The highest BCUT2D eigenvalue weighted by Gasteiger charge is 2.50. The van der Waals surface area contributed by atoms with Gasteiger partial charge < -0.3 is 10.2 Å². The summed E-state index contributed by atoms with van der Waals surface area (Å²) in [5.74, 6) is 0.490. The van der Waals surface area contributed by atoms with Gasteiger partial charge in [0, 0.05) is 41.9 Å². The van der Waals surface area contributed by atoms with Crippen LogP contribution in [-0.4, -0.2) is 40.5 Å². The van der Waals surface area contributed by atoms with Crippen LogP contribution in [0.15, 0.2) is 60.7 Å². The summed E-state index contributed by atoms with van der Waals surface area (Å²) in [7, 11) is 0. The number of benzene rings is 3. The first kappa shape index (κ1) is 23.8. The summed E-state index contributed by atoms with van der Waals surface area (Å²) in [6, 6.07) is 21.9. The third-order valence-corrected chi connectivity index (χ3v) is 9.12. The Hall–Kier alpha value is -2.56. The lowest BCUT2D eigenvalue weighted by Gasteiger charge is -2.41. The molecule has 1 spiro atoms. The van der Waals surface area contributed by atoms with Crippen LogP contribution in [-0.2, 0) is 6.54 Å². The largest absolute Gasteiger partial charge is 0.324 e. The van der Waals surface area contributed by atoms with Crippen molar-refractivity contribution in [2.45, 2.75) is 75.9 Å². The average Bonchev–Trinajstić information content (AvgIpc) is 3.67. The molecule has 1 N–H and O–H groups in total. The number of hydrogen-bond donors (Lipinski definition) is 1. The molecule has 0 radical (unpaired) electrons. The van der Waals surface area contributed by atoms with Gasteiger partial charge in [-0.1, -0.05) is 48.4 Å². The number of piperidine rings is 2. The first-order chi connectivity index (χ1) is 17.5. The molecule has 2 saturated heterocycles. The fraction of sp³-hybridized carbons (Fsp3) is 0.452. The Bertz CT molecular complexity index is 1240. The third kappa shape index (κ3) is 4.86. The summed E-state index contributed by atoms with van der Waals surface area (Å²) >= 11 is 6.03. The van der Waals surface area contributed by atoms with E-state index in [2.05, 4.69) is 59.6 Å². The molecule has 2 heterocycles. The second-order valence-electron chi connectivity index (χ2n) is 11.2. The van der Waals surface area contributed by atoms with Crippen LogP contribution in [0.1, 0.15) is 68.9 Å². The Morgan fingerprint density at radius 3 is 2.42 bits per heavy atom. The molecule has 3 aromatic carbocycles. The highest BCUT2D eigenvalue weighted by atomic mass is 35.5. The Morgan fingerprint density at radius 1 is 0.944 bits per heavy atom. The fourth-order valence-electron chi connectivity index (χ4n) is 6.52. The topological polar surface area (TPSA) is 35.6 Å². The molecule has 4 nitrogen and oxygen atoms in total. The number of hydrogen-bond acceptors (Lipinski definition) is 2. The zero-order chi connectivity index (χ0) is 24.7. The van der Waals surface area contributed by atoms with Gasteiger partial charge >= 0.3 is 6.03 Å². The predicted molar refractivity (Wildman–Crippen MR) is 149 cm³/mol. The molecule has 6 rings (SSSR count). The van der Waals surface area contributed by atoms with E-state index in [1.807, 2.05) is 23.1 Å². The van der Waals surface area contributed by atoms with Gasteiger partial charge in [0.1, 0.15) is 0 Å². The molecule has 0 aromatic heterocycles. The van der Waals surface area contributed by atoms with E-state index >= 15 is 0 Å². The van der Waals surface area contributed by atoms with Crippen LogP contribution < -0.4 is 5.32 Å². The van der Waals surface area contributed by atoms with E-state index in [4.69, 9.17) is 11.6 Å². The average molecular weight is 502 g/mol. The van der Waals surface area contributed by atoms with Gasteiger partial charge in [0.15, 0.2) is 0 Å². The number of nitrogens with zero attached hydrogens (tertiary/aromatic N) is 2. The molecule has 36 heavy (non-hydrogen) atoms.